The Kier molecular flexibility index (Phi) is 4.68. The van der Waals surface area contributed by atoms with Crippen molar-refractivity contribution in [3.63, 3.8) is 0 Å². The summed E-state index contributed by atoms with van der Waals surface area (Å²) in [5.41, 5.74) is 2.07. The van der Waals surface area contributed by atoms with Gasteiger partial charge in [0.1, 0.15) is 5.75 Å². The van der Waals surface area contributed by atoms with Crippen LogP contribution in [0, 0.1) is 0 Å². The molecule has 0 spiro atoms. The lowest BCUT2D eigenvalue weighted by Crippen LogP contribution is -2.29. The highest BCUT2D eigenvalue weighted by Crippen LogP contribution is 2.26. The summed E-state index contributed by atoms with van der Waals surface area (Å²) < 4.78 is 6.00. The molecule has 0 aliphatic heterocycles. The van der Waals surface area contributed by atoms with Crippen molar-refractivity contribution >= 4 is 31.0 Å². The van der Waals surface area contributed by atoms with Gasteiger partial charge in [-0.25, -0.2) is 0 Å². The Bertz CT molecular complexity index is 600. The van der Waals surface area contributed by atoms with Gasteiger partial charge in [-0.3, -0.25) is 0 Å². The smallest absolute Gasteiger partial charge is 0.242 e. The molecular formula is C17H19ClOSi. The Labute approximate surface area is 127 Å². The lowest BCUT2D eigenvalue weighted by molar-refractivity contribution is 0.557. The second-order valence-corrected chi connectivity index (χ2v) is 10.5. The van der Waals surface area contributed by atoms with Crippen LogP contribution in [-0.2, 0) is 0 Å². The highest BCUT2D eigenvalue weighted by molar-refractivity contribution is 6.70. The van der Waals surface area contributed by atoms with Gasteiger partial charge >= 0.3 is 0 Å². The summed E-state index contributed by atoms with van der Waals surface area (Å²) in [4.78, 5) is 0. The van der Waals surface area contributed by atoms with E-state index in [4.69, 9.17) is 16.0 Å². The molecule has 0 unspecified atom stereocenters. The molecule has 20 heavy (non-hydrogen) atoms. The fourth-order valence-electron chi connectivity index (χ4n) is 1.84. The van der Waals surface area contributed by atoms with Gasteiger partial charge in [-0.05, 0) is 49.0 Å². The van der Waals surface area contributed by atoms with Crippen LogP contribution >= 0.6 is 11.6 Å². The molecular weight excluding hydrogens is 284 g/mol. The number of hydrogen-bond acceptors (Lipinski definition) is 1. The average molecular weight is 303 g/mol. The predicted octanol–water partition coefficient (Wildman–Crippen LogP) is 5.64. The van der Waals surface area contributed by atoms with Crippen molar-refractivity contribution in [2.24, 2.45) is 0 Å². The molecule has 1 nitrogen and oxygen atoms in total. The van der Waals surface area contributed by atoms with E-state index in [1.807, 2.05) is 60.7 Å². The van der Waals surface area contributed by atoms with Gasteiger partial charge in [-0.1, -0.05) is 54.1 Å². The van der Waals surface area contributed by atoms with Gasteiger partial charge in [0, 0.05) is 5.03 Å². The van der Waals surface area contributed by atoms with Crippen molar-refractivity contribution in [2.45, 2.75) is 19.6 Å². The summed E-state index contributed by atoms with van der Waals surface area (Å²) in [7, 11) is -1.59. The summed E-state index contributed by atoms with van der Waals surface area (Å²) in [5, 5.41) is 0.720. The monoisotopic (exact) mass is 302 g/mol. The number of rotatable bonds is 4. The van der Waals surface area contributed by atoms with E-state index in [9.17, 15) is 0 Å². The molecule has 0 heterocycles. The van der Waals surface area contributed by atoms with Crippen molar-refractivity contribution in [1.82, 2.24) is 0 Å². The third kappa shape index (κ3) is 4.55. The van der Waals surface area contributed by atoms with Crippen LogP contribution in [0.1, 0.15) is 11.1 Å². The van der Waals surface area contributed by atoms with E-state index in [-0.39, 0.29) is 0 Å². The van der Waals surface area contributed by atoms with Crippen LogP contribution in [0.25, 0.3) is 11.1 Å². The minimum Gasteiger partial charge on any atom is -0.544 e. The first-order valence-electron chi connectivity index (χ1n) is 6.66. The number of halogens is 1. The van der Waals surface area contributed by atoms with Gasteiger partial charge in [-0.15, -0.1) is 0 Å². The summed E-state index contributed by atoms with van der Waals surface area (Å²) in [6.07, 6.45) is 1.97. The van der Waals surface area contributed by atoms with Crippen molar-refractivity contribution < 1.29 is 4.43 Å². The molecule has 2 rings (SSSR count). The van der Waals surface area contributed by atoms with Crippen LogP contribution < -0.4 is 4.43 Å². The van der Waals surface area contributed by atoms with Gasteiger partial charge in [0.15, 0.2) is 0 Å². The molecule has 0 radical (unpaired) electrons. The molecule has 0 saturated heterocycles. The Morgan fingerprint density at radius 2 is 1.70 bits per heavy atom. The molecule has 2 aromatic rings. The molecule has 0 saturated carbocycles. The molecule has 0 aromatic heterocycles. The van der Waals surface area contributed by atoms with Gasteiger partial charge < -0.3 is 4.43 Å². The summed E-state index contributed by atoms with van der Waals surface area (Å²) in [6.45, 7) is 6.50. The normalized spacial score (nSPS) is 12.3. The zero-order chi connectivity index (χ0) is 14.6. The SMILES string of the molecule is C[Si](C)(C)Oc1cccc(C(Cl)=Cc2ccccc2)c1. The summed E-state index contributed by atoms with van der Waals surface area (Å²) in [6, 6.07) is 18.0. The van der Waals surface area contributed by atoms with Crippen molar-refractivity contribution in [3.05, 3.63) is 65.7 Å². The first-order chi connectivity index (χ1) is 9.44. The van der Waals surface area contributed by atoms with Crippen LogP contribution in [0.5, 0.6) is 5.75 Å². The van der Waals surface area contributed by atoms with Gasteiger partial charge in [0.25, 0.3) is 0 Å². The molecule has 0 amide bonds. The van der Waals surface area contributed by atoms with Gasteiger partial charge in [-0.2, -0.15) is 0 Å². The zero-order valence-electron chi connectivity index (χ0n) is 12.1. The molecule has 3 heteroatoms. The van der Waals surface area contributed by atoms with E-state index < -0.39 is 8.32 Å². The molecule has 0 N–H and O–H groups in total. The molecule has 0 bridgehead atoms. The molecule has 104 valence electrons. The van der Waals surface area contributed by atoms with Crippen molar-refractivity contribution in [2.75, 3.05) is 0 Å². The number of hydrogen-bond donors (Lipinski definition) is 0. The quantitative estimate of drug-likeness (QED) is 0.525. The fraction of sp³-hybridized carbons (Fsp3) is 0.176. The van der Waals surface area contributed by atoms with E-state index in [2.05, 4.69) is 19.6 Å². The predicted molar refractivity (Wildman–Crippen MR) is 90.6 cm³/mol. The first kappa shape index (κ1) is 14.9. The number of benzene rings is 2. The maximum Gasteiger partial charge on any atom is 0.242 e. The maximum atomic E-state index is 6.40. The van der Waals surface area contributed by atoms with Crippen molar-refractivity contribution in [1.29, 1.82) is 0 Å². The van der Waals surface area contributed by atoms with Gasteiger partial charge in [0.2, 0.25) is 8.32 Å². The van der Waals surface area contributed by atoms with E-state index in [1.165, 1.54) is 0 Å². The Hall–Kier alpha value is -1.51. The fourth-order valence-corrected chi connectivity index (χ4v) is 2.92. The van der Waals surface area contributed by atoms with Crippen LogP contribution in [0.4, 0.5) is 0 Å². The van der Waals surface area contributed by atoms with E-state index >= 15 is 0 Å². The summed E-state index contributed by atoms with van der Waals surface area (Å²) >= 11 is 6.40. The molecule has 0 atom stereocenters. The molecule has 0 aliphatic rings. The van der Waals surface area contributed by atoms with E-state index in [1.54, 1.807) is 0 Å². The third-order valence-electron chi connectivity index (χ3n) is 2.63. The van der Waals surface area contributed by atoms with Crippen LogP contribution in [0.2, 0.25) is 19.6 Å². The zero-order valence-corrected chi connectivity index (χ0v) is 13.8. The average Bonchev–Trinajstić information content (AvgIpc) is 2.38. The Balaban J connectivity index is 2.25. The lowest BCUT2D eigenvalue weighted by Gasteiger charge is -2.19. The second-order valence-electron chi connectivity index (χ2n) is 5.65. The second kappa shape index (κ2) is 6.29. The highest BCUT2D eigenvalue weighted by atomic mass is 35.5. The maximum absolute atomic E-state index is 6.40. The van der Waals surface area contributed by atoms with Gasteiger partial charge in [0.05, 0.1) is 0 Å². The first-order valence-corrected chi connectivity index (χ1v) is 10.4. The molecule has 0 aliphatic carbocycles. The Morgan fingerprint density at radius 3 is 2.35 bits per heavy atom. The Morgan fingerprint density at radius 1 is 1.00 bits per heavy atom. The van der Waals surface area contributed by atoms with E-state index in [0.717, 1.165) is 21.9 Å². The highest BCUT2D eigenvalue weighted by Gasteiger charge is 2.16. The summed E-state index contributed by atoms with van der Waals surface area (Å²) in [5.74, 6) is 0.890. The van der Waals surface area contributed by atoms with Crippen LogP contribution in [-0.4, -0.2) is 8.32 Å². The van der Waals surface area contributed by atoms with Crippen LogP contribution in [0.3, 0.4) is 0 Å². The molecule has 0 fully saturated rings. The third-order valence-corrected chi connectivity index (χ3v) is 3.80. The lowest BCUT2D eigenvalue weighted by atomic mass is 10.1. The topological polar surface area (TPSA) is 9.23 Å². The standard InChI is InChI=1S/C17H19ClOSi/c1-20(2,3)19-16-11-7-10-15(13-16)17(18)12-14-8-5-4-6-9-14/h4-13H,1-3H3. The minimum absolute atomic E-state index is 0.720. The van der Waals surface area contributed by atoms with E-state index in [0.29, 0.717) is 0 Å². The van der Waals surface area contributed by atoms with Crippen molar-refractivity contribution in [3.8, 4) is 5.75 Å². The van der Waals surface area contributed by atoms with Crippen LogP contribution in [0.15, 0.2) is 54.6 Å². The largest absolute Gasteiger partial charge is 0.544 e. The minimum atomic E-state index is -1.59. The molecule has 2 aromatic carbocycles.